The van der Waals surface area contributed by atoms with E-state index in [1.807, 2.05) is 24.5 Å². The number of fused-ring (bicyclic) bond motifs is 1. The Balaban J connectivity index is 2.70. The lowest BCUT2D eigenvalue weighted by atomic mass is 10.0. The van der Waals surface area contributed by atoms with Gasteiger partial charge in [-0.3, -0.25) is 0 Å². The van der Waals surface area contributed by atoms with Crippen molar-refractivity contribution in [3.05, 3.63) is 23.8 Å². The molecule has 0 fully saturated rings. The maximum absolute atomic E-state index is 11.0. The van der Waals surface area contributed by atoms with Gasteiger partial charge in [0, 0.05) is 5.56 Å². The lowest BCUT2D eigenvalue weighted by Crippen LogP contribution is -2.15. The number of halogens is 1. The van der Waals surface area contributed by atoms with E-state index in [4.69, 9.17) is 11.6 Å². The van der Waals surface area contributed by atoms with Gasteiger partial charge in [0.2, 0.25) is 0 Å². The summed E-state index contributed by atoms with van der Waals surface area (Å²) in [7, 11) is 0. The molecule has 0 aliphatic rings. The fourth-order valence-corrected chi connectivity index (χ4v) is 3.14. The molecular formula is C11H10ClNOS2. The summed E-state index contributed by atoms with van der Waals surface area (Å²) in [5, 5.41) is 0. The van der Waals surface area contributed by atoms with Crippen LogP contribution in [0.4, 0.5) is 0 Å². The fraction of sp³-hybridized carbons (Fsp3) is 0.273. The maximum Gasteiger partial charge on any atom is 0.150 e. The first-order valence-corrected chi connectivity index (χ1v) is 7.09. The van der Waals surface area contributed by atoms with Crippen LogP contribution in [0, 0.1) is 0 Å². The molecule has 0 N–H and O–H groups in total. The van der Waals surface area contributed by atoms with Crippen LogP contribution in [0.5, 0.6) is 0 Å². The molecule has 0 bridgehead atoms. The smallest absolute Gasteiger partial charge is 0.150 e. The van der Waals surface area contributed by atoms with Gasteiger partial charge in [0.15, 0.2) is 4.34 Å². The lowest BCUT2D eigenvalue weighted by Gasteiger charge is -2.14. The van der Waals surface area contributed by atoms with E-state index in [1.165, 1.54) is 0 Å². The molecule has 2 nitrogen and oxygen atoms in total. The topological polar surface area (TPSA) is 30.0 Å². The minimum Gasteiger partial charge on any atom is -0.301 e. The van der Waals surface area contributed by atoms with Crippen LogP contribution in [0.25, 0.3) is 10.2 Å². The summed E-state index contributed by atoms with van der Waals surface area (Å²) in [6, 6.07) is 5.76. The summed E-state index contributed by atoms with van der Waals surface area (Å²) in [5.74, 6) is 0. The van der Waals surface area contributed by atoms with E-state index in [1.54, 1.807) is 30.0 Å². The molecule has 1 aromatic heterocycles. The second-order valence-electron chi connectivity index (χ2n) is 3.53. The maximum atomic E-state index is 11.0. The number of carbonyl (C=O) groups is 1. The molecule has 0 amide bonds. The molecule has 1 atom stereocenters. The summed E-state index contributed by atoms with van der Waals surface area (Å²) in [6.07, 6.45) is 2.73. The normalized spacial score (nSPS) is 14.9. The Morgan fingerprint density at radius 2 is 2.31 bits per heavy atom. The summed E-state index contributed by atoms with van der Waals surface area (Å²) >= 11 is 9.38. The Labute approximate surface area is 107 Å². The quantitative estimate of drug-likeness (QED) is 0.485. The van der Waals surface area contributed by atoms with Gasteiger partial charge in [0.25, 0.3) is 0 Å². The van der Waals surface area contributed by atoms with Gasteiger partial charge in [-0.1, -0.05) is 23.9 Å². The van der Waals surface area contributed by atoms with Gasteiger partial charge in [-0.2, -0.15) is 0 Å². The Hall–Kier alpha value is -0.580. The molecule has 0 radical (unpaired) electrons. The zero-order chi connectivity index (χ0) is 11.8. The van der Waals surface area contributed by atoms with Gasteiger partial charge >= 0.3 is 0 Å². The number of carbonyl (C=O) groups excluding carboxylic acids is 1. The second kappa shape index (κ2) is 4.35. The van der Waals surface area contributed by atoms with E-state index in [-0.39, 0.29) is 0 Å². The fourth-order valence-electron chi connectivity index (χ4n) is 1.47. The van der Waals surface area contributed by atoms with E-state index in [0.717, 1.165) is 26.4 Å². The molecule has 2 rings (SSSR count). The Morgan fingerprint density at radius 1 is 1.56 bits per heavy atom. The van der Waals surface area contributed by atoms with Crippen molar-refractivity contribution in [2.75, 3.05) is 6.26 Å². The predicted octanol–water partition coefficient (Wildman–Crippen LogP) is 3.67. The third-order valence-corrected chi connectivity index (χ3v) is 4.62. The van der Waals surface area contributed by atoms with Crippen molar-refractivity contribution in [1.82, 2.24) is 4.98 Å². The van der Waals surface area contributed by atoms with E-state index in [9.17, 15) is 4.79 Å². The van der Waals surface area contributed by atoms with Crippen molar-refractivity contribution in [2.24, 2.45) is 0 Å². The monoisotopic (exact) mass is 271 g/mol. The van der Waals surface area contributed by atoms with Crippen LogP contribution >= 0.6 is 34.7 Å². The molecule has 84 valence electrons. The summed E-state index contributed by atoms with van der Waals surface area (Å²) in [5.41, 5.74) is 1.61. The van der Waals surface area contributed by atoms with Crippen molar-refractivity contribution < 1.29 is 4.79 Å². The number of nitrogens with zero attached hydrogens (tertiary/aromatic N) is 1. The first-order chi connectivity index (χ1) is 7.58. The molecule has 2 aromatic rings. The van der Waals surface area contributed by atoms with Crippen molar-refractivity contribution in [3.63, 3.8) is 0 Å². The molecule has 16 heavy (non-hydrogen) atoms. The molecule has 1 heterocycles. The Kier molecular flexibility index (Phi) is 3.24. The van der Waals surface area contributed by atoms with Gasteiger partial charge in [-0.05, 0) is 19.2 Å². The first kappa shape index (κ1) is 11.9. The first-order valence-electron chi connectivity index (χ1n) is 4.68. The van der Waals surface area contributed by atoms with E-state index >= 15 is 0 Å². The molecule has 1 aromatic carbocycles. The van der Waals surface area contributed by atoms with E-state index in [0.29, 0.717) is 0 Å². The predicted molar refractivity (Wildman–Crippen MR) is 70.7 cm³/mol. The van der Waals surface area contributed by atoms with Crippen LogP contribution in [0.3, 0.4) is 0 Å². The minimum absolute atomic E-state index is 0.751. The number of thiazole rings is 1. The van der Waals surface area contributed by atoms with Crippen LogP contribution in [-0.2, 0) is 9.67 Å². The average Bonchev–Trinajstić information content (AvgIpc) is 2.71. The number of benzene rings is 1. The third kappa shape index (κ3) is 1.97. The summed E-state index contributed by atoms with van der Waals surface area (Å²) in [6.45, 7) is 1.69. The van der Waals surface area contributed by atoms with Crippen LogP contribution in [-0.4, -0.2) is 17.5 Å². The van der Waals surface area contributed by atoms with Crippen LogP contribution in [0.1, 0.15) is 12.5 Å². The van der Waals surface area contributed by atoms with Crippen LogP contribution in [0.15, 0.2) is 22.5 Å². The van der Waals surface area contributed by atoms with Gasteiger partial charge in [0.05, 0.1) is 10.2 Å². The van der Waals surface area contributed by atoms with Gasteiger partial charge in [-0.25, -0.2) is 4.98 Å². The highest BCUT2D eigenvalue weighted by Gasteiger charge is 2.26. The number of hydrogen-bond acceptors (Lipinski definition) is 4. The zero-order valence-electron chi connectivity index (χ0n) is 8.86. The Morgan fingerprint density at radius 3 is 2.94 bits per heavy atom. The molecule has 0 saturated heterocycles. The van der Waals surface area contributed by atoms with Crippen LogP contribution in [0.2, 0.25) is 0 Å². The number of thioether (sulfide) groups is 1. The molecule has 0 spiro atoms. The summed E-state index contributed by atoms with van der Waals surface area (Å²) < 4.78 is 2.05. The van der Waals surface area contributed by atoms with Crippen molar-refractivity contribution in [3.8, 4) is 0 Å². The number of hydrogen-bond donors (Lipinski definition) is 0. The van der Waals surface area contributed by atoms with Crippen molar-refractivity contribution in [2.45, 2.75) is 16.1 Å². The summed E-state index contributed by atoms with van der Waals surface area (Å²) in [4.78, 5) is 14.5. The lowest BCUT2D eigenvalue weighted by molar-refractivity contribution is -0.109. The van der Waals surface area contributed by atoms with Crippen molar-refractivity contribution >= 4 is 51.2 Å². The molecular weight excluding hydrogens is 262 g/mol. The molecule has 1 unspecified atom stereocenters. The highest BCUT2D eigenvalue weighted by molar-refractivity contribution is 8.00. The number of para-hydroxylation sites is 1. The molecule has 0 aliphatic heterocycles. The van der Waals surface area contributed by atoms with Gasteiger partial charge in [-0.15, -0.1) is 22.9 Å². The molecule has 0 aliphatic carbocycles. The SMILES string of the molecule is CSc1nc2c(C(C)(Cl)C=O)cccc2s1. The zero-order valence-corrected chi connectivity index (χ0v) is 11.2. The average molecular weight is 272 g/mol. The van der Waals surface area contributed by atoms with Gasteiger partial charge < -0.3 is 4.79 Å². The van der Waals surface area contributed by atoms with Crippen molar-refractivity contribution in [1.29, 1.82) is 0 Å². The number of alkyl halides is 1. The number of aldehydes is 1. The van der Waals surface area contributed by atoms with E-state index in [2.05, 4.69) is 4.98 Å². The molecule has 5 heteroatoms. The van der Waals surface area contributed by atoms with Gasteiger partial charge in [0.1, 0.15) is 11.2 Å². The highest BCUT2D eigenvalue weighted by atomic mass is 35.5. The Bertz CT molecular complexity index is 536. The van der Waals surface area contributed by atoms with Crippen LogP contribution < -0.4 is 0 Å². The standard InChI is InChI=1S/C11H10ClNOS2/c1-11(12,6-14)7-4-3-5-8-9(7)13-10(15-2)16-8/h3-6H,1-2H3. The minimum atomic E-state index is -0.997. The van der Waals surface area contributed by atoms with E-state index < -0.39 is 4.87 Å². The second-order valence-corrected chi connectivity index (χ2v) is 6.40. The number of rotatable bonds is 3. The third-order valence-electron chi connectivity index (χ3n) is 2.32. The molecule has 0 saturated carbocycles. The largest absolute Gasteiger partial charge is 0.301 e. The number of aromatic nitrogens is 1. The highest BCUT2D eigenvalue weighted by Crippen LogP contribution is 2.36.